The zero-order chi connectivity index (χ0) is 25.8. The van der Waals surface area contributed by atoms with Crippen molar-refractivity contribution >= 4 is 22.6 Å². The summed E-state index contributed by atoms with van der Waals surface area (Å²) in [6.45, 7) is 31.9. The number of terminal acetylenes is 1. The van der Waals surface area contributed by atoms with Crippen molar-refractivity contribution in [3.8, 4) is 12.3 Å². The van der Waals surface area contributed by atoms with Crippen molar-refractivity contribution in [1.29, 1.82) is 0 Å². The van der Waals surface area contributed by atoms with Gasteiger partial charge in [-0.05, 0) is 57.0 Å². The smallest absolute Gasteiger partial charge is 0.311 e. The van der Waals surface area contributed by atoms with Gasteiger partial charge in [0.15, 0.2) is 16.6 Å². The molecule has 0 spiro atoms. The van der Waals surface area contributed by atoms with Crippen LogP contribution < -0.4 is 0 Å². The molecule has 0 aliphatic rings. The molecule has 0 unspecified atom stereocenters. The highest BCUT2D eigenvalue weighted by Crippen LogP contribution is 2.41. The molecule has 0 aliphatic carbocycles. The van der Waals surface area contributed by atoms with Gasteiger partial charge < -0.3 is 13.6 Å². The van der Waals surface area contributed by atoms with Gasteiger partial charge in [-0.1, -0.05) is 47.6 Å². The third-order valence-corrected chi connectivity index (χ3v) is 15.9. The van der Waals surface area contributed by atoms with E-state index in [1.165, 1.54) is 0 Å². The lowest BCUT2D eigenvalue weighted by atomic mass is 9.94. The zero-order valence-corrected chi connectivity index (χ0v) is 25.1. The Morgan fingerprint density at radius 1 is 0.938 bits per heavy atom. The predicted octanol–water partition coefficient (Wildman–Crippen LogP) is 7.18. The molecule has 32 heavy (non-hydrogen) atoms. The average molecular weight is 483 g/mol. The van der Waals surface area contributed by atoms with Gasteiger partial charge in [0, 0.05) is 12.3 Å². The van der Waals surface area contributed by atoms with Crippen molar-refractivity contribution in [2.24, 2.45) is 11.3 Å². The van der Waals surface area contributed by atoms with Crippen LogP contribution in [0.3, 0.4) is 0 Å². The Morgan fingerprint density at radius 3 is 1.72 bits per heavy atom. The van der Waals surface area contributed by atoms with Crippen molar-refractivity contribution in [2.75, 3.05) is 6.61 Å². The zero-order valence-electron chi connectivity index (χ0n) is 23.1. The van der Waals surface area contributed by atoms with Crippen LogP contribution in [0.1, 0.15) is 68.7 Å². The number of hydrogen-bond acceptors (Lipinski definition) is 4. The molecule has 0 heterocycles. The molecule has 0 rings (SSSR count). The molecule has 0 saturated heterocycles. The van der Waals surface area contributed by atoms with E-state index in [4.69, 9.17) is 20.0 Å². The van der Waals surface area contributed by atoms with E-state index in [2.05, 4.69) is 80.2 Å². The second-order valence-electron chi connectivity index (χ2n) is 12.9. The first-order valence-electron chi connectivity index (χ1n) is 11.7. The molecular weight excluding hydrogens is 432 g/mol. The highest BCUT2D eigenvalue weighted by molar-refractivity contribution is 6.74. The quantitative estimate of drug-likeness (QED) is 0.143. The molecule has 0 radical (unpaired) electrons. The summed E-state index contributed by atoms with van der Waals surface area (Å²) >= 11 is 0. The van der Waals surface area contributed by atoms with Crippen LogP contribution in [0.5, 0.6) is 0 Å². The number of esters is 1. The molecule has 0 bridgehead atoms. The lowest BCUT2D eigenvalue weighted by Gasteiger charge is -2.45. The van der Waals surface area contributed by atoms with Gasteiger partial charge in [0.05, 0.1) is 24.2 Å². The largest absolute Gasteiger partial charge is 0.465 e. The molecule has 0 aromatic heterocycles. The number of ether oxygens (including phenoxy) is 1. The lowest BCUT2D eigenvalue weighted by molar-refractivity contribution is -0.156. The minimum atomic E-state index is -2.13. The van der Waals surface area contributed by atoms with E-state index in [1.54, 1.807) is 0 Å². The van der Waals surface area contributed by atoms with Crippen LogP contribution in [-0.2, 0) is 18.4 Å². The minimum Gasteiger partial charge on any atom is -0.465 e. The fourth-order valence-electron chi connectivity index (χ4n) is 2.58. The van der Waals surface area contributed by atoms with Gasteiger partial charge in [-0.25, -0.2) is 0 Å². The lowest BCUT2D eigenvalue weighted by Crippen LogP contribution is -2.52. The van der Waals surface area contributed by atoms with Crippen LogP contribution in [0.4, 0.5) is 0 Å². The summed E-state index contributed by atoms with van der Waals surface area (Å²) in [5.74, 6) is 2.31. The Labute approximate surface area is 201 Å². The van der Waals surface area contributed by atoms with Crippen molar-refractivity contribution in [1.82, 2.24) is 0 Å². The van der Waals surface area contributed by atoms with E-state index < -0.39 is 22.0 Å². The molecule has 4 nitrogen and oxygen atoms in total. The van der Waals surface area contributed by atoms with Gasteiger partial charge in [0.1, 0.15) is 0 Å². The average Bonchev–Trinajstić information content (AvgIpc) is 2.57. The molecule has 0 amide bonds. The first kappa shape index (κ1) is 31.1. The van der Waals surface area contributed by atoms with E-state index in [0.717, 1.165) is 0 Å². The molecule has 3 atom stereocenters. The van der Waals surface area contributed by atoms with Gasteiger partial charge in [0.2, 0.25) is 0 Å². The first-order chi connectivity index (χ1) is 14.1. The minimum absolute atomic E-state index is 0.0243. The Kier molecular flexibility index (Phi) is 10.7. The number of carbonyl (C=O) groups excluding carboxylic acids is 1. The first-order valence-corrected chi connectivity index (χ1v) is 17.5. The van der Waals surface area contributed by atoms with Gasteiger partial charge >= 0.3 is 5.97 Å². The Balaban J connectivity index is 6.22. The maximum Gasteiger partial charge on any atom is 0.311 e. The van der Waals surface area contributed by atoms with Gasteiger partial charge in [-0.3, -0.25) is 4.79 Å². The van der Waals surface area contributed by atoms with Crippen molar-refractivity contribution in [3.05, 3.63) is 12.7 Å². The topological polar surface area (TPSA) is 44.8 Å². The summed E-state index contributed by atoms with van der Waals surface area (Å²) in [6, 6.07) is 0. The highest BCUT2D eigenvalue weighted by atomic mass is 28.4. The summed E-state index contributed by atoms with van der Waals surface area (Å²) in [6.07, 6.45) is 7.41. The maximum atomic E-state index is 12.6. The summed E-state index contributed by atoms with van der Waals surface area (Å²) in [4.78, 5) is 12.6. The molecule has 0 aliphatic heterocycles. The normalized spacial score (nSPS) is 16.6. The van der Waals surface area contributed by atoms with E-state index in [-0.39, 0.29) is 40.8 Å². The monoisotopic (exact) mass is 482 g/mol. The van der Waals surface area contributed by atoms with Crippen molar-refractivity contribution in [2.45, 2.75) is 117 Å². The SMILES string of the molecule is C#CC[C@H](O[Si](C)(C)C(C)(C)C)[C@H](COC(=O)C(C)(C)C)[C@@H](C=C)O[Si](C)(C)C(C)(C)C. The van der Waals surface area contributed by atoms with Crippen LogP contribution in [-0.4, -0.2) is 41.4 Å². The second-order valence-corrected chi connectivity index (χ2v) is 22.4. The summed E-state index contributed by atoms with van der Waals surface area (Å²) in [5, 5.41) is 0.0548. The molecule has 0 fully saturated rings. The molecule has 0 saturated carbocycles. The summed E-state index contributed by atoms with van der Waals surface area (Å²) < 4.78 is 19.3. The van der Waals surface area contributed by atoms with Crippen molar-refractivity contribution in [3.63, 3.8) is 0 Å². The molecule has 6 heteroatoms. The fraction of sp³-hybridized carbons (Fsp3) is 0.808. The molecule has 0 aromatic carbocycles. The van der Waals surface area contributed by atoms with Crippen LogP contribution in [0, 0.1) is 23.7 Å². The third kappa shape index (κ3) is 8.81. The van der Waals surface area contributed by atoms with Crippen LogP contribution in [0.2, 0.25) is 36.3 Å². The highest BCUT2D eigenvalue weighted by Gasteiger charge is 2.45. The summed E-state index contributed by atoms with van der Waals surface area (Å²) in [5.41, 5.74) is -0.587. The number of hydrogen-bond donors (Lipinski definition) is 0. The van der Waals surface area contributed by atoms with Gasteiger partial charge in [-0.15, -0.1) is 18.9 Å². The van der Waals surface area contributed by atoms with Gasteiger partial charge in [-0.2, -0.15) is 0 Å². The number of rotatable bonds is 10. The molecular formula is C26H50O4Si2. The van der Waals surface area contributed by atoms with Gasteiger partial charge in [0.25, 0.3) is 0 Å². The molecule has 0 N–H and O–H groups in total. The molecule has 0 aromatic rings. The Bertz CT molecular complexity index is 670. The standard InChI is InChI=1S/C26H50O4Si2/c1-16-18-22(30-32(14,15)26(9,10)11)20(19-28-23(27)24(3,4)5)21(17-2)29-31(12,13)25(6,7)8/h1,17,20-22H,2,18-19H2,3-15H3/t20-,21-,22+/m1/s1. The fourth-order valence-corrected chi connectivity index (χ4v) is 5.25. The van der Waals surface area contributed by atoms with Crippen LogP contribution in [0.15, 0.2) is 12.7 Å². The third-order valence-electron chi connectivity index (χ3n) is 6.96. The Hall–Kier alpha value is -0.876. The maximum absolute atomic E-state index is 12.6. The predicted molar refractivity (Wildman–Crippen MR) is 142 cm³/mol. The second kappa shape index (κ2) is 11.0. The van der Waals surface area contributed by atoms with Crippen LogP contribution in [0.25, 0.3) is 0 Å². The van der Waals surface area contributed by atoms with E-state index >= 15 is 0 Å². The Morgan fingerprint density at radius 2 is 1.38 bits per heavy atom. The van der Waals surface area contributed by atoms with E-state index in [0.29, 0.717) is 6.42 Å². The number of carbonyl (C=O) groups is 1. The summed E-state index contributed by atoms with van der Waals surface area (Å²) in [7, 11) is -4.25. The van der Waals surface area contributed by atoms with E-state index in [1.807, 2.05) is 26.8 Å². The molecule has 186 valence electrons. The van der Waals surface area contributed by atoms with E-state index in [9.17, 15) is 4.79 Å². The van der Waals surface area contributed by atoms with Crippen LogP contribution >= 0.6 is 0 Å². The van der Waals surface area contributed by atoms with Crippen molar-refractivity contribution < 1.29 is 18.4 Å².